The summed E-state index contributed by atoms with van der Waals surface area (Å²) >= 11 is 0. The highest BCUT2D eigenvalue weighted by Crippen LogP contribution is 2.32. The molecule has 3 aromatic carbocycles. The molecule has 0 bridgehead atoms. The van der Waals surface area contributed by atoms with E-state index in [-0.39, 0.29) is 49.9 Å². The van der Waals surface area contributed by atoms with Crippen LogP contribution < -0.4 is 9.62 Å². The van der Waals surface area contributed by atoms with Crippen molar-refractivity contribution in [1.29, 1.82) is 0 Å². The lowest BCUT2D eigenvalue weighted by Gasteiger charge is -2.31. The first-order valence-corrected chi connectivity index (χ1v) is 14.5. The van der Waals surface area contributed by atoms with Gasteiger partial charge in [0.15, 0.2) is 0 Å². The minimum absolute atomic E-state index is 0.0270. The maximum atomic E-state index is 13.6. The van der Waals surface area contributed by atoms with Gasteiger partial charge in [-0.3, -0.25) is 13.9 Å². The van der Waals surface area contributed by atoms with Gasteiger partial charge >= 0.3 is 6.18 Å². The van der Waals surface area contributed by atoms with E-state index in [1.807, 2.05) is 60.7 Å². The SMILES string of the molecule is CNC(=O)[C@H](Cc1ccccc1)N(Cc1ccccc1)C(=O)CCCN(c1cccc(C(F)(F)F)c1)S(C)(=O)=O. The topological polar surface area (TPSA) is 86.8 Å². The minimum Gasteiger partial charge on any atom is -0.357 e. The number of anilines is 1. The number of sulfonamides is 1. The van der Waals surface area contributed by atoms with Crippen LogP contribution in [0, 0.1) is 0 Å². The van der Waals surface area contributed by atoms with Crippen LogP contribution in [0.15, 0.2) is 84.9 Å². The van der Waals surface area contributed by atoms with E-state index >= 15 is 0 Å². The molecule has 11 heteroatoms. The molecule has 214 valence electrons. The molecule has 0 fully saturated rings. The second kappa shape index (κ2) is 13.5. The normalized spacial score (nSPS) is 12.4. The molecular formula is C29H32F3N3O4S. The van der Waals surface area contributed by atoms with Gasteiger partial charge in [0.1, 0.15) is 6.04 Å². The molecule has 0 saturated carbocycles. The first-order valence-electron chi connectivity index (χ1n) is 12.6. The predicted octanol–water partition coefficient (Wildman–Crippen LogP) is 4.64. The van der Waals surface area contributed by atoms with Crippen molar-refractivity contribution in [3.8, 4) is 0 Å². The largest absolute Gasteiger partial charge is 0.416 e. The monoisotopic (exact) mass is 575 g/mol. The van der Waals surface area contributed by atoms with Crippen molar-refractivity contribution in [2.75, 3.05) is 24.2 Å². The lowest BCUT2D eigenvalue weighted by Crippen LogP contribution is -2.49. The molecule has 3 aromatic rings. The van der Waals surface area contributed by atoms with Crippen LogP contribution in [-0.2, 0) is 38.8 Å². The molecule has 40 heavy (non-hydrogen) atoms. The highest BCUT2D eigenvalue weighted by molar-refractivity contribution is 7.92. The Hall–Kier alpha value is -3.86. The van der Waals surface area contributed by atoms with Gasteiger partial charge in [-0.05, 0) is 35.7 Å². The van der Waals surface area contributed by atoms with Crippen molar-refractivity contribution in [2.45, 2.75) is 38.0 Å². The minimum atomic E-state index is -4.64. The summed E-state index contributed by atoms with van der Waals surface area (Å²) in [7, 11) is -2.45. The number of nitrogens with zero attached hydrogens (tertiary/aromatic N) is 2. The van der Waals surface area contributed by atoms with Crippen molar-refractivity contribution in [3.05, 3.63) is 102 Å². The maximum Gasteiger partial charge on any atom is 0.416 e. The number of hydrogen-bond donors (Lipinski definition) is 1. The second-order valence-corrected chi connectivity index (χ2v) is 11.2. The van der Waals surface area contributed by atoms with Gasteiger partial charge in [0.25, 0.3) is 0 Å². The molecule has 3 rings (SSSR count). The molecule has 0 unspecified atom stereocenters. The molecule has 0 aromatic heterocycles. The van der Waals surface area contributed by atoms with Gasteiger partial charge in [-0.25, -0.2) is 8.42 Å². The molecule has 0 heterocycles. The molecule has 1 atom stereocenters. The summed E-state index contributed by atoms with van der Waals surface area (Å²) < 4.78 is 65.5. The summed E-state index contributed by atoms with van der Waals surface area (Å²) in [6.07, 6.45) is -3.57. The highest BCUT2D eigenvalue weighted by atomic mass is 32.2. The zero-order chi connectivity index (χ0) is 29.3. The molecule has 7 nitrogen and oxygen atoms in total. The third-order valence-corrected chi connectivity index (χ3v) is 7.52. The molecule has 0 aliphatic heterocycles. The summed E-state index contributed by atoms with van der Waals surface area (Å²) in [5.41, 5.74) is 0.547. The number of nitrogens with one attached hydrogen (secondary N) is 1. The Labute approximate surface area is 232 Å². The second-order valence-electron chi connectivity index (χ2n) is 9.31. The Balaban J connectivity index is 1.84. The highest BCUT2D eigenvalue weighted by Gasteiger charge is 2.32. The number of likely N-dealkylation sites (N-methyl/N-ethyl adjacent to an activating group) is 1. The van der Waals surface area contributed by atoms with Gasteiger partial charge in [0.2, 0.25) is 21.8 Å². The van der Waals surface area contributed by atoms with Crippen LogP contribution in [-0.4, -0.2) is 51.0 Å². The quantitative estimate of drug-likeness (QED) is 0.341. The number of amides is 2. The van der Waals surface area contributed by atoms with Crippen LogP contribution in [0.3, 0.4) is 0 Å². The summed E-state index contributed by atoms with van der Waals surface area (Å²) in [4.78, 5) is 28.0. The van der Waals surface area contributed by atoms with Crippen LogP contribution in [0.2, 0.25) is 0 Å². The number of hydrogen-bond acceptors (Lipinski definition) is 4. The Morgan fingerprint density at radius 1 is 0.900 bits per heavy atom. The van der Waals surface area contributed by atoms with Gasteiger partial charge in [-0.2, -0.15) is 13.2 Å². The van der Waals surface area contributed by atoms with Crippen molar-refractivity contribution >= 4 is 27.5 Å². The third-order valence-electron chi connectivity index (χ3n) is 6.33. The summed E-state index contributed by atoms with van der Waals surface area (Å²) in [6.45, 7) is -0.0671. The molecule has 0 aliphatic carbocycles. The van der Waals surface area contributed by atoms with Gasteiger partial charge in [0.05, 0.1) is 17.5 Å². The lowest BCUT2D eigenvalue weighted by molar-refractivity contribution is -0.141. The van der Waals surface area contributed by atoms with Crippen LogP contribution in [0.25, 0.3) is 0 Å². The molecule has 0 aliphatic rings. The fourth-order valence-corrected chi connectivity index (χ4v) is 5.30. The van der Waals surface area contributed by atoms with Crippen LogP contribution in [0.1, 0.15) is 29.5 Å². The molecule has 0 radical (unpaired) electrons. The van der Waals surface area contributed by atoms with E-state index in [1.54, 1.807) is 0 Å². The molecule has 1 N–H and O–H groups in total. The summed E-state index contributed by atoms with van der Waals surface area (Å²) in [5.74, 6) is -0.735. The van der Waals surface area contributed by atoms with Crippen molar-refractivity contribution in [3.63, 3.8) is 0 Å². The first-order chi connectivity index (χ1) is 18.9. The van der Waals surface area contributed by atoms with E-state index in [0.717, 1.165) is 39.9 Å². The zero-order valence-corrected chi connectivity index (χ0v) is 23.1. The van der Waals surface area contributed by atoms with E-state index in [0.29, 0.717) is 0 Å². The van der Waals surface area contributed by atoms with Gasteiger partial charge in [0, 0.05) is 33.0 Å². The standard InChI is InChI=1S/C29H32F3N3O4S/c1-33-28(37)26(19-22-11-5-3-6-12-22)34(21-23-13-7-4-8-14-23)27(36)17-10-18-35(40(2,38)39)25-16-9-15-24(20-25)29(30,31)32/h3-9,11-16,20,26H,10,17-19,21H2,1-2H3,(H,33,37)/t26-/m0/s1. The Kier molecular flexibility index (Phi) is 10.3. The zero-order valence-electron chi connectivity index (χ0n) is 22.3. The molecule has 2 amide bonds. The van der Waals surface area contributed by atoms with E-state index in [9.17, 15) is 31.2 Å². The fourth-order valence-electron chi connectivity index (χ4n) is 4.34. The van der Waals surface area contributed by atoms with E-state index < -0.39 is 27.8 Å². The number of carbonyl (C=O) groups excluding carboxylic acids is 2. The Morgan fingerprint density at radius 3 is 2.05 bits per heavy atom. The van der Waals surface area contributed by atoms with Crippen LogP contribution in [0.5, 0.6) is 0 Å². The van der Waals surface area contributed by atoms with E-state index in [4.69, 9.17) is 0 Å². The number of benzene rings is 3. The van der Waals surface area contributed by atoms with Crippen molar-refractivity contribution in [2.24, 2.45) is 0 Å². The Morgan fingerprint density at radius 2 is 1.50 bits per heavy atom. The smallest absolute Gasteiger partial charge is 0.357 e. The summed E-state index contributed by atoms with van der Waals surface area (Å²) in [6, 6.07) is 21.6. The van der Waals surface area contributed by atoms with Crippen LogP contribution >= 0.6 is 0 Å². The third kappa shape index (κ3) is 8.57. The average Bonchev–Trinajstić information content (AvgIpc) is 2.92. The van der Waals surface area contributed by atoms with Gasteiger partial charge in [-0.15, -0.1) is 0 Å². The number of rotatable bonds is 12. The first kappa shape index (κ1) is 30.7. The average molecular weight is 576 g/mol. The Bertz CT molecular complexity index is 1380. The van der Waals surface area contributed by atoms with E-state index in [2.05, 4.69) is 5.32 Å². The van der Waals surface area contributed by atoms with Crippen LogP contribution in [0.4, 0.5) is 18.9 Å². The number of alkyl halides is 3. The van der Waals surface area contributed by atoms with Crippen molar-refractivity contribution < 1.29 is 31.2 Å². The number of carbonyl (C=O) groups is 2. The maximum absolute atomic E-state index is 13.6. The molecular weight excluding hydrogens is 543 g/mol. The van der Waals surface area contributed by atoms with Gasteiger partial charge in [-0.1, -0.05) is 66.7 Å². The van der Waals surface area contributed by atoms with Crippen molar-refractivity contribution in [1.82, 2.24) is 10.2 Å². The molecule has 0 saturated heterocycles. The lowest BCUT2D eigenvalue weighted by atomic mass is 10.0. The summed E-state index contributed by atoms with van der Waals surface area (Å²) in [5, 5.41) is 2.63. The predicted molar refractivity (Wildman–Crippen MR) is 148 cm³/mol. The van der Waals surface area contributed by atoms with Gasteiger partial charge < -0.3 is 10.2 Å². The fraction of sp³-hybridized carbons (Fsp3) is 0.310. The number of halogens is 3. The molecule has 0 spiro atoms. The van der Waals surface area contributed by atoms with E-state index in [1.165, 1.54) is 18.0 Å².